The first-order chi connectivity index (χ1) is 9.69. The number of hydrogen-bond acceptors (Lipinski definition) is 4. The first-order valence-electron chi connectivity index (χ1n) is 6.44. The molecule has 0 spiro atoms. The molecule has 0 aliphatic rings. The fourth-order valence-corrected chi connectivity index (χ4v) is 2.46. The van der Waals surface area contributed by atoms with Crippen molar-refractivity contribution in [3.8, 4) is 11.8 Å². The number of thioether (sulfide) groups is 1. The Bertz CT molecular complexity index is 618. The minimum Gasteiger partial charge on any atom is -0.437 e. The Kier molecular flexibility index (Phi) is 5.28. The zero-order chi connectivity index (χ0) is 14.4. The van der Waals surface area contributed by atoms with Crippen molar-refractivity contribution < 1.29 is 9.52 Å². The highest BCUT2D eigenvalue weighted by molar-refractivity contribution is 7.98. The van der Waals surface area contributed by atoms with Gasteiger partial charge in [-0.2, -0.15) is 0 Å². The summed E-state index contributed by atoms with van der Waals surface area (Å²) in [7, 11) is 0. The first-order valence-corrected chi connectivity index (χ1v) is 7.43. The molecule has 2 rings (SSSR count). The fraction of sp³-hybridized carbons (Fsp3) is 0.312. The van der Waals surface area contributed by atoms with E-state index in [-0.39, 0.29) is 6.61 Å². The molecule has 0 atom stereocenters. The average Bonchev–Trinajstić information content (AvgIpc) is 2.76. The summed E-state index contributed by atoms with van der Waals surface area (Å²) >= 11 is 1.58. The summed E-state index contributed by atoms with van der Waals surface area (Å²) in [5.74, 6) is 7.64. The van der Waals surface area contributed by atoms with Crippen LogP contribution in [0.1, 0.15) is 29.0 Å². The molecule has 0 radical (unpaired) electrons. The molecule has 4 heteroatoms. The number of aryl methyl sites for hydroxylation is 2. The van der Waals surface area contributed by atoms with Gasteiger partial charge in [0.05, 0.1) is 12.3 Å². The van der Waals surface area contributed by atoms with E-state index >= 15 is 0 Å². The van der Waals surface area contributed by atoms with Gasteiger partial charge in [-0.1, -0.05) is 35.7 Å². The van der Waals surface area contributed by atoms with Gasteiger partial charge in [0, 0.05) is 17.7 Å². The van der Waals surface area contributed by atoms with Crippen molar-refractivity contribution in [2.24, 2.45) is 0 Å². The largest absolute Gasteiger partial charge is 0.437 e. The fourth-order valence-electron chi connectivity index (χ4n) is 1.61. The topological polar surface area (TPSA) is 46.3 Å². The van der Waals surface area contributed by atoms with Crippen molar-refractivity contribution in [3.63, 3.8) is 0 Å². The molecule has 0 saturated heterocycles. The number of aromatic nitrogens is 1. The summed E-state index contributed by atoms with van der Waals surface area (Å²) in [4.78, 5) is 4.35. The summed E-state index contributed by atoms with van der Waals surface area (Å²) in [5.41, 5.74) is 3.09. The number of hydrogen-bond donors (Lipinski definition) is 1. The van der Waals surface area contributed by atoms with Crippen LogP contribution in [0, 0.1) is 25.7 Å². The molecule has 0 fully saturated rings. The Hall–Kier alpha value is -1.70. The van der Waals surface area contributed by atoms with Gasteiger partial charge < -0.3 is 9.52 Å². The maximum atomic E-state index is 8.71. The molecule has 0 amide bonds. The van der Waals surface area contributed by atoms with Crippen molar-refractivity contribution >= 4 is 11.8 Å². The number of rotatable bonds is 4. The van der Waals surface area contributed by atoms with Crippen LogP contribution in [0.5, 0.6) is 0 Å². The van der Waals surface area contributed by atoms with Gasteiger partial charge in [0.2, 0.25) is 0 Å². The Balaban J connectivity index is 1.99. The van der Waals surface area contributed by atoms with Gasteiger partial charge in [0.25, 0.3) is 5.22 Å². The molecular formula is C16H17NO2S. The smallest absolute Gasteiger partial charge is 0.256 e. The second-order valence-electron chi connectivity index (χ2n) is 4.39. The molecule has 3 nitrogen and oxygen atoms in total. The van der Waals surface area contributed by atoms with Crippen molar-refractivity contribution in [2.75, 3.05) is 6.61 Å². The van der Waals surface area contributed by atoms with Gasteiger partial charge in [-0.3, -0.25) is 0 Å². The van der Waals surface area contributed by atoms with Crippen LogP contribution in [0.3, 0.4) is 0 Å². The lowest BCUT2D eigenvalue weighted by atomic mass is 10.1. The van der Waals surface area contributed by atoms with Crippen LogP contribution in [0.4, 0.5) is 0 Å². The summed E-state index contributed by atoms with van der Waals surface area (Å²) in [5, 5.41) is 9.42. The van der Waals surface area contributed by atoms with E-state index in [0.717, 1.165) is 22.8 Å². The molecule has 1 aromatic heterocycles. The van der Waals surface area contributed by atoms with Gasteiger partial charge in [-0.25, -0.2) is 4.98 Å². The lowest BCUT2D eigenvalue weighted by Crippen LogP contribution is -1.84. The number of benzene rings is 1. The number of oxazole rings is 1. The van der Waals surface area contributed by atoms with Crippen molar-refractivity contribution in [1.82, 2.24) is 4.98 Å². The Morgan fingerprint density at radius 1 is 1.35 bits per heavy atom. The van der Waals surface area contributed by atoms with Crippen LogP contribution in [0.15, 0.2) is 33.9 Å². The summed E-state index contributed by atoms with van der Waals surface area (Å²) in [6.45, 7) is 3.97. The van der Waals surface area contributed by atoms with Crippen molar-refractivity contribution in [2.45, 2.75) is 31.2 Å². The zero-order valence-corrected chi connectivity index (χ0v) is 12.5. The molecule has 1 aromatic carbocycles. The number of nitrogens with zero attached hydrogens (tertiary/aromatic N) is 1. The molecule has 2 aromatic rings. The van der Waals surface area contributed by atoms with E-state index in [1.165, 1.54) is 5.56 Å². The molecule has 0 saturated carbocycles. The van der Waals surface area contributed by atoms with Crippen molar-refractivity contribution in [1.29, 1.82) is 0 Å². The summed E-state index contributed by atoms with van der Waals surface area (Å²) < 4.78 is 5.54. The lowest BCUT2D eigenvalue weighted by Gasteiger charge is -1.99. The SMILES string of the molecule is Cc1nc(SCc2cccc(C#CCCO)c2)oc1C. The Morgan fingerprint density at radius 3 is 2.90 bits per heavy atom. The van der Waals surface area contributed by atoms with Crippen LogP contribution in [-0.2, 0) is 5.75 Å². The zero-order valence-electron chi connectivity index (χ0n) is 11.6. The first kappa shape index (κ1) is 14.7. The third kappa shape index (κ3) is 4.16. The van der Waals surface area contributed by atoms with Crippen LogP contribution < -0.4 is 0 Å². The van der Waals surface area contributed by atoms with E-state index in [2.05, 4.69) is 29.0 Å². The minimum atomic E-state index is 0.103. The predicted molar refractivity (Wildman–Crippen MR) is 80.6 cm³/mol. The normalized spacial score (nSPS) is 10.2. The lowest BCUT2D eigenvalue weighted by molar-refractivity contribution is 0.305. The monoisotopic (exact) mass is 287 g/mol. The third-order valence-corrected chi connectivity index (χ3v) is 3.67. The number of aliphatic hydroxyl groups is 1. The molecule has 20 heavy (non-hydrogen) atoms. The van der Waals surface area contributed by atoms with Crippen molar-refractivity contribution in [3.05, 3.63) is 46.8 Å². The standard InChI is InChI=1S/C16H17NO2S/c1-12-13(2)19-16(17-12)20-11-15-8-5-7-14(10-15)6-3-4-9-18/h5,7-8,10,18H,4,9,11H2,1-2H3. The molecular weight excluding hydrogens is 270 g/mol. The molecule has 0 aliphatic heterocycles. The highest BCUT2D eigenvalue weighted by atomic mass is 32.2. The van der Waals surface area contributed by atoms with Gasteiger partial charge in [-0.05, 0) is 31.5 Å². The number of aliphatic hydroxyl groups excluding tert-OH is 1. The second-order valence-corrected chi connectivity index (χ2v) is 5.31. The van der Waals surface area contributed by atoms with Crippen LogP contribution >= 0.6 is 11.8 Å². The molecule has 104 valence electrons. The van der Waals surface area contributed by atoms with E-state index in [1.807, 2.05) is 26.0 Å². The van der Waals surface area contributed by atoms with Gasteiger partial charge in [0.15, 0.2) is 0 Å². The third-order valence-electron chi connectivity index (χ3n) is 2.77. The maximum Gasteiger partial charge on any atom is 0.256 e. The van der Waals surface area contributed by atoms with E-state index in [1.54, 1.807) is 11.8 Å². The summed E-state index contributed by atoms with van der Waals surface area (Å²) in [6.07, 6.45) is 0.508. The highest BCUT2D eigenvalue weighted by Crippen LogP contribution is 2.24. The van der Waals surface area contributed by atoms with Gasteiger partial charge >= 0.3 is 0 Å². The quantitative estimate of drug-likeness (QED) is 0.692. The van der Waals surface area contributed by atoms with E-state index in [4.69, 9.17) is 9.52 Å². The molecule has 1 heterocycles. The van der Waals surface area contributed by atoms with Gasteiger partial charge in [0.1, 0.15) is 5.76 Å². The Morgan fingerprint density at radius 2 is 2.20 bits per heavy atom. The highest BCUT2D eigenvalue weighted by Gasteiger charge is 2.06. The molecule has 0 unspecified atom stereocenters. The molecule has 0 bridgehead atoms. The predicted octanol–water partition coefficient (Wildman–Crippen LogP) is 3.32. The van der Waals surface area contributed by atoms with Crippen LogP contribution in [0.25, 0.3) is 0 Å². The van der Waals surface area contributed by atoms with Gasteiger partial charge in [-0.15, -0.1) is 0 Å². The van der Waals surface area contributed by atoms with Crippen LogP contribution in [0.2, 0.25) is 0 Å². The van der Waals surface area contributed by atoms with Crippen LogP contribution in [-0.4, -0.2) is 16.7 Å². The van der Waals surface area contributed by atoms with E-state index in [9.17, 15) is 0 Å². The Labute approximate surface area is 123 Å². The summed E-state index contributed by atoms with van der Waals surface area (Å²) in [6, 6.07) is 8.08. The van der Waals surface area contributed by atoms with E-state index < -0.39 is 0 Å². The molecule has 0 aliphatic carbocycles. The molecule has 1 N–H and O–H groups in total. The average molecular weight is 287 g/mol. The van der Waals surface area contributed by atoms with E-state index in [0.29, 0.717) is 11.6 Å². The maximum absolute atomic E-state index is 8.71. The second kappa shape index (κ2) is 7.18. The minimum absolute atomic E-state index is 0.103.